The Bertz CT molecular complexity index is 1960. The van der Waals surface area contributed by atoms with E-state index in [2.05, 4.69) is 39.1 Å². The minimum Gasteiger partial charge on any atom is -0.324 e. The number of halogens is 1. The third kappa shape index (κ3) is 5.77. The number of rotatable bonds is 7. The van der Waals surface area contributed by atoms with Gasteiger partial charge in [0.2, 0.25) is 5.95 Å². The molecule has 0 aliphatic carbocycles. The Balaban J connectivity index is 1.22. The van der Waals surface area contributed by atoms with Crippen molar-refractivity contribution in [2.45, 2.75) is 18.8 Å². The minimum absolute atomic E-state index is 0.279. The number of amides is 1. The second-order valence-electron chi connectivity index (χ2n) is 10.8. The molecule has 3 N–H and O–H groups in total. The van der Waals surface area contributed by atoms with Crippen LogP contribution in [-0.2, 0) is 0 Å². The van der Waals surface area contributed by atoms with Crippen molar-refractivity contribution in [3.8, 4) is 22.6 Å². The van der Waals surface area contributed by atoms with Gasteiger partial charge < -0.3 is 16.0 Å². The number of imidazole rings is 1. The van der Waals surface area contributed by atoms with Crippen LogP contribution in [0.2, 0.25) is 5.02 Å². The number of pyridine rings is 1. The highest BCUT2D eigenvalue weighted by Crippen LogP contribution is 2.34. The molecule has 0 spiro atoms. The van der Waals surface area contributed by atoms with Gasteiger partial charge in [-0.2, -0.15) is 0 Å². The van der Waals surface area contributed by atoms with Gasteiger partial charge in [0.1, 0.15) is 5.65 Å². The van der Waals surface area contributed by atoms with Gasteiger partial charge in [-0.1, -0.05) is 54.1 Å². The van der Waals surface area contributed by atoms with Gasteiger partial charge in [0.05, 0.1) is 27.7 Å². The van der Waals surface area contributed by atoms with Crippen LogP contribution in [0.4, 0.5) is 17.3 Å². The summed E-state index contributed by atoms with van der Waals surface area (Å²) in [6, 6.07) is 30.9. The Labute approximate surface area is 260 Å². The number of piperidine rings is 1. The Morgan fingerprint density at radius 2 is 1.68 bits per heavy atom. The third-order valence-corrected chi connectivity index (χ3v) is 8.22. The highest BCUT2D eigenvalue weighted by Gasteiger charge is 2.19. The smallest absolute Gasteiger partial charge is 0.257 e. The monoisotopic (exact) mass is 599 g/mol. The summed E-state index contributed by atoms with van der Waals surface area (Å²) < 4.78 is 2.02. The van der Waals surface area contributed by atoms with Gasteiger partial charge in [0.25, 0.3) is 5.91 Å². The number of carbonyl (C=O) groups is 1. The molecule has 1 aliphatic rings. The summed E-state index contributed by atoms with van der Waals surface area (Å²) in [5, 5.41) is 10.2. The second kappa shape index (κ2) is 12.3. The predicted molar refractivity (Wildman–Crippen MR) is 176 cm³/mol. The van der Waals surface area contributed by atoms with Crippen molar-refractivity contribution in [3.05, 3.63) is 126 Å². The molecule has 4 heterocycles. The molecule has 0 radical (unpaired) electrons. The second-order valence-corrected chi connectivity index (χ2v) is 11.2. The lowest BCUT2D eigenvalue weighted by atomic mass is 9.90. The molecule has 9 heteroatoms. The fraction of sp³-hybridized carbons (Fsp3) is 0.143. The van der Waals surface area contributed by atoms with Crippen LogP contribution >= 0.6 is 11.6 Å². The molecule has 0 saturated carbocycles. The van der Waals surface area contributed by atoms with Gasteiger partial charge in [0, 0.05) is 29.3 Å². The molecule has 8 nitrogen and oxygen atoms in total. The van der Waals surface area contributed by atoms with Crippen molar-refractivity contribution in [3.63, 3.8) is 0 Å². The van der Waals surface area contributed by atoms with Gasteiger partial charge in [-0.3, -0.25) is 9.20 Å². The number of nitrogens with one attached hydrogen (secondary N) is 3. The summed E-state index contributed by atoms with van der Waals surface area (Å²) in [5.41, 5.74) is 7.23. The Morgan fingerprint density at radius 1 is 0.864 bits per heavy atom. The SMILES string of the molecule is O=C(Nc1cccc(-c2nc3ccccn3c2-c2ccnc(Nc3cccc(C4CCNCC4)c3)n2)c1)c1ccccc1Cl. The maximum Gasteiger partial charge on any atom is 0.257 e. The average Bonchev–Trinajstić information content (AvgIpc) is 3.46. The number of anilines is 3. The number of nitrogens with zero attached hydrogens (tertiary/aromatic N) is 4. The number of hydrogen-bond acceptors (Lipinski definition) is 6. The van der Waals surface area contributed by atoms with Crippen molar-refractivity contribution in [2.24, 2.45) is 0 Å². The van der Waals surface area contributed by atoms with Gasteiger partial charge in [-0.05, 0) is 92.0 Å². The molecule has 6 aromatic rings. The largest absolute Gasteiger partial charge is 0.324 e. The van der Waals surface area contributed by atoms with Gasteiger partial charge in [0.15, 0.2) is 0 Å². The average molecular weight is 600 g/mol. The van der Waals surface area contributed by atoms with Crippen LogP contribution in [0.5, 0.6) is 0 Å². The molecule has 44 heavy (non-hydrogen) atoms. The molecule has 0 bridgehead atoms. The van der Waals surface area contributed by atoms with Crippen LogP contribution in [0, 0.1) is 0 Å². The lowest BCUT2D eigenvalue weighted by Gasteiger charge is -2.23. The number of carbonyl (C=O) groups excluding carboxylic acids is 1. The van der Waals surface area contributed by atoms with Gasteiger partial charge >= 0.3 is 0 Å². The van der Waals surface area contributed by atoms with Gasteiger partial charge in [-0.15, -0.1) is 0 Å². The van der Waals surface area contributed by atoms with E-state index < -0.39 is 0 Å². The van der Waals surface area contributed by atoms with E-state index in [9.17, 15) is 4.79 Å². The predicted octanol–water partition coefficient (Wildman–Crippen LogP) is 7.57. The first kappa shape index (κ1) is 27.8. The van der Waals surface area contributed by atoms with Crippen LogP contribution in [0.1, 0.15) is 34.7 Å². The highest BCUT2D eigenvalue weighted by atomic mass is 35.5. The number of aromatic nitrogens is 4. The Kier molecular flexibility index (Phi) is 7.75. The Morgan fingerprint density at radius 3 is 2.57 bits per heavy atom. The van der Waals surface area contributed by atoms with E-state index in [1.54, 1.807) is 30.5 Å². The Hall–Kier alpha value is -5.05. The first-order valence-corrected chi connectivity index (χ1v) is 15.0. The molecule has 0 atom stereocenters. The summed E-state index contributed by atoms with van der Waals surface area (Å²) in [4.78, 5) is 27.4. The molecule has 7 rings (SSSR count). The maximum atomic E-state index is 13.0. The zero-order valence-corrected chi connectivity index (χ0v) is 24.6. The first-order valence-electron chi connectivity index (χ1n) is 14.7. The molecule has 1 amide bonds. The zero-order chi connectivity index (χ0) is 29.9. The molecule has 1 fully saturated rings. The fourth-order valence-corrected chi connectivity index (χ4v) is 5.96. The summed E-state index contributed by atoms with van der Waals surface area (Å²) in [6.45, 7) is 2.09. The van der Waals surface area contributed by atoms with E-state index in [1.807, 2.05) is 65.2 Å². The van der Waals surface area contributed by atoms with Crippen LogP contribution in [0.25, 0.3) is 28.3 Å². The third-order valence-electron chi connectivity index (χ3n) is 7.89. The molecule has 0 unspecified atom stereocenters. The van der Waals surface area contributed by atoms with E-state index in [4.69, 9.17) is 21.6 Å². The molecule has 1 aliphatic heterocycles. The standard InChI is InChI=1S/C35H30ClN7O/c36-29-12-2-1-11-28(29)34(44)39-26-9-6-8-25(22-26)32-33(43-20-4-3-13-31(43)42-32)30-16-19-38-35(41-30)40-27-10-5-7-24(21-27)23-14-17-37-18-15-23/h1-13,16,19-23,37H,14-15,17-18H2,(H,39,44)(H,38,40,41). The first-order chi connectivity index (χ1) is 21.6. The van der Waals surface area contributed by atoms with E-state index >= 15 is 0 Å². The number of hydrogen-bond donors (Lipinski definition) is 3. The summed E-state index contributed by atoms with van der Waals surface area (Å²) in [7, 11) is 0. The zero-order valence-electron chi connectivity index (χ0n) is 23.9. The van der Waals surface area contributed by atoms with Crippen molar-refractivity contribution in [2.75, 3.05) is 23.7 Å². The fourth-order valence-electron chi connectivity index (χ4n) is 5.74. The summed E-state index contributed by atoms with van der Waals surface area (Å²) in [6.07, 6.45) is 6.00. The quantitative estimate of drug-likeness (QED) is 0.175. The molecule has 218 valence electrons. The van der Waals surface area contributed by atoms with Gasteiger partial charge in [-0.25, -0.2) is 15.0 Å². The molecular formula is C35H30ClN7O. The lowest BCUT2D eigenvalue weighted by molar-refractivity contribution is 0.102. The molecular weight excluding hydrogens is 570 g/mol. The van der Waals surface area contributed by atoms with E-state index in [0.29, 0.717) is 28.1 Å². The van der Waals surface area contributed by atoms with Crippen LogP contribution in [0.3, 0.4) is 0 Å². The summed E-state index contributed by atoms with van der Waals surface area (Å²) in [5.74, 6) is 0.775. The maximum absolute atomic E-state index is 13.0. The number of fused-ring (bicyclic) bond motifs is 1. The van der Waals surface area contributed by atoms with Crippen molar-refractivity contribution in [1.29, 1.82) is 0 Å². The minimum atomic E-state index is -0.279. The van der Waals surface area contributed by atoms with Crippen molar-refractivity contribution >= 4 is 40.5 Å². The normalized spacial score (nSPS) is 13.6. The molecule has 3 aromatic carbocycles. The van der Waals surface area contributed by atoms with E-state index in [-0.39, 0.29) is 5.91 Å². The van der Waals surface area contributed by atoms with Crippen molar-refractivity contribution in [1.82, 2.24) is 24.7 Å². The van der Waals surface area contributed by atoms with E-state index in [1.165, 1.54) is 5.56 Å². The topological polar surface area (TPSA) is 96.2 Å². The number of benzene rings is 3. The van der Waals surface area contributed by atoms with Crippen molar-refractivity contribution < 1.29 is 4.79 Å². The summed E-state index contributed by atoms with van der Waals surface area (Å²) >= 11 is 6.26. The van der Waals surface area contributed by atoms with Crippen LogP contribution in [-0.4, -0.2) is 38.3 Å². The lowest BCUT2D eigenvalue weighted by Crippen LogP contribution is -2.26. The van der Waals surface area contributed by atoms with E-state index in [0.717, 1.165) is 59.9 Å². The highest BCUT2D eigenvalue weighted by molar-refractivity contribution is 6.34. The van der Waals surface area contributed by atoms with Crippen LogP contribution < -0.4 is 16.0 Å². The molecule has 1 saturated heterocycles. The molecule has 3 aromatic heterocycles. The van der Waals surface area contributed by atoms with Crippen LogP contribution in [0.15, 0.2) is 109 Å².